The van der Waals surface area contributed by atoms with Crippen LogP contribution >= 0.6 is 11.6 Å². The fraction of sp³-hybridized carbons (Fsp3) is 0.471. The van der Waals surface area contributed by atoms with Crippen LogP contribution in [-0.4, -0.2) is 29.3 Å². The van der Waals surface area contributed by atoms with E-state index in [-0.39, 0.29) is 17.8 Å². The number of amides is 1. The Bertz CT molecular complexity index is 655. The Kier molecular flexibility index (Phi) is 3.91. The third-order valence-corrected chi connectivity index (χ3v) is 4.89. The summed E-state index contributed by atoms with van der Waals surface area (Å²) >= 11 is 6.27. The molecule has 0 aromatic heterocycles. The van der Waals surface area contributed by atoms with Gasteiger partial charge in [0.15, 0.2) is 0 Å². The van der Waals surface area contributed by atoms with Crippen molar-refractivity contribution in [2.24, 2.45) is 0 Å². The van der Waals surface area contributed by atoms with Gasteiger partial charge in [0.05, 0.1) is 11.7 Å². The predicted octanol–water partition coefficient (Wildman–Crippen LogP) is 3.38. The molecule has 4 nitrogen and oxygen atoms in total. The van der Waals surface area contributed by atoms with Gasteiger partial charge in [-0.25, -0.2) is 0 Å². The van der Waals surface area contributed by atoms with Gasteiger partial charge in [-0.15, -0.1) is 0 Å². The summed E-state index contributed by atoms with van der Waals surface area (Å²) in [5.74, 6) is -0.162. The van der Waals surface area contributed by atoms with Gasteiger partial charge in [0, 0.05) is 30.0 Å². The van der Waals surface area contributed by atoms with Crippen LogP contribution in [0.5, 0.6) is 0 Å². The van der Waals surface area contributed by atoms with Gasteiger partial charge in [0.2, 0.25) is 0 Å². The Morgan fingerprint density at radius 1 is 1.50 bits per heavy atom. The molecule has 0 saturated carbocycles. The van der Waals surface area contributed by atoms with Gasteiger partial charge in [-0.2, -0.15) is 0 Å². The standard InChI is InChI=1S/C17H20ClNO3/c1-3-11-9-17(6-7-22-11)15(20)14(16(21)19-17)12-5-4-10(2)8-13(12)18/h4-5,8,11,20H,3,6-7,9H2,1-2H3,(H,19,21). The molecule has 1 aromatic rings. The number of rotatable bonds is 2. The highest BCUT2D eigenvalue weighted by Crippen LogP contribution is 2.41. The van der Waals surface area contributed by atoms with Gasteiger partial charge in [0.25, 0.3) is 5.91 Å². The molecule has 2 N–H and O–H groups in total. The van der Waals surface area contributed by atoms with Crippen LogP contribution in [0.3, 0.4) is 0 Å². The molecule has 5 heteroatoms. The maximum atomic E-state index is 12.5. The lowest BCUT2D eigenvalue weighted by Crippen LogP contribution is -2.51. The molecule has 2 atom stereocenters. The van der Waals surface area contributed by atoms with Crippen molar-refractivity contribution in [3.8, 4) is 0 Å². The smallest absolute Gasteiger partial charge is 0.256 e. The van der Waals surface area contributed by atoms with E-state index >= 15 is 0 Å². The molecule has 0 bridgehead atoms. The van der Waals surface area contributed by atoms with Gasteiger partial charge >= 0.3 is 0 Å². The van der Waals surface area contributed by atoms with Crippen LogP contribution in [0.1, 0.15) is 37.3 Å². The van der Waals surface area contributed by atoms with E-state index in [1.807, 2.05) is 19.9 Å². The Balaban J connectivity index is 2.05. The highest BCUT2D eigenvalue weighted by Gasteiger charge is 2.49. The molecule has 118 valence electrons. The summed E-state index contributed by atoms with van der Waals surface area (Å²) in [6.07, 6.45) is 2.07. The van der Waals surface area contributed by atoms with Crippen molar-refractivity contribution in [2.75, 3.05) is 6.61 Å². The maximum Gasteiger partial charge on any atom is 0.256 e. The van der Waals surface area contributed by atoms with Gasteiger partial charge in [-0.3, -0.25) is 4.79 Å². The number of nitrogens with one attached hydrogen (secondary N) is 1. The van der Waals surface area contributed by atoms with Crippen LogP contribution in [0.2, 0.25) is 5.02 Å². The first-order valence-electron chi connectivity index (χ1n) is 7.61. The van der Waals surface area contributed by atoms with E-state index in [4.69, 9.17) is 16.3 Å². The molecule has 1 aromatic carbocycles. The van der Waals surface area contributed by atoms with E-state index in [2.05, 4.69) is 5.32 Å². The van der Waals surface area contributed by atoms with Crippen LogP contribution in [-0.2, 0) is 9.53 Å². The highest BCUT2D eigenvalue weighted by atomic mass is 35.5. The minimum absolute atomic E-state index is 0.0454. The van der Waals surface area contributed by atoms with Gasteiger partial charge < -0.3 is 15.2 Å². The first kappa shape index (κ1) is 15.4. The number of ether oxygens (including phenoxy) is 1. The second-order valence-corrected chi connectivity index (χ2v) is 6.51. The van der Waals surface area contributed by atoms with Crippen LogP contribution < -0.4 is 5.32 Å². The quantitative estimate of drug-likeness (QED) is 0.878. The molecule has 1 amide bonds. The third-order valence-electron chi connectivity index (χ3n) is 4.58. The fourth-order valence-corrected chi connectivity index (χ4v) is 3.63. The van der Waals surface area contributed by atoms with Crippen molar-refractivity contribution >= 4 is 23.1 Å². The van der Waals surface area contributed by atoms with E-state index in [1.165, 1.54) is 0 Å². The summed E-state index contributed by atoms with van der Waals surface area (Å²) in [7, 11) is 0. The van der Waals surface area contributed by atoms with Crippen LogP contribution in [0.4, 0.5) is 0 Å². The first-order chi connectivity index (χ1) is 10.5. The summed E-state index contributed by atoms with van der Waals surface area (Å²) < 4.78 is 5.67. The average Bonchev–Trinajstić information content (AvgIpc) is 2.71. The number of hydrogen-bond donors (Lipinski definition) is 2. The molecule has 2 unspecified atom stereocenters. The summed E-state index contributed by atoms with van der Waals surface area (Å²) in [4.78, 5) is 12.5. The molecule has 22 heavy (non-hydrogen) atoms. The van der Waals surface area contributed by atoms with Gasteiger partial charge in [-0.1, -0.05) is 30.7 Å². The van der Waals surface area contributed by atoms with Crippen LogP contribution in [0.25, 0.3) is 5.57 Å². The Labute approximate surface area is 135 Å². The molecule has 2 aliphatic rings. The van der Waals surface area contributed by atoms with E-state index in [1.54, 1.807) is 12.1 Å². The van der Waals surface area contributed by atoms with E-state index in [0.29, 0.717) is 35.6 Å². The van der Waals surface area contributed by atoms with Crippen LogP contribution in [0, 0.1) is 6.92 Å². The molecule has 1 saturated heterocycles. The highest BCUT2D eigenvalue weighted by molar-refractivity contribution is 6.35. The average molecular weight is 322 g/mol. The number of carbonyl (C=O) groups is 1. The van der Waals surface area contributed by atoms with Crippen molar-refractivity contribution in [1.29, 1.82) is 0 Å². The molecular weight excluding hydrogens is 302 g/mol. The normalized spacial score (nSPS) is 28.3. The lowest BCUT2D eigenvalue weighted by Gasteiger charge is -2.37. The zero-order valence-electron chi connectivity index (χ0n) is 12.8. The second-order valence-electron chi connectivity index (χ2n) is 6.10. The zero-order valence-corrected chi connectivity index (χ0v) is 13.5. The number of aliphatic hydroxyl groups is 1. The molecule has 3 rings (SSSR count). The summed E-state index contributed by atoms with van der Waals surface area (Å²) in [6, 6.07) is 5.48. The molecule has 0 radical (unpaired) electrons. The van der Waals surface area contributed by atoms with E-state index in [0.717, 1.165) is 12.0 Å². The molecule has 1 fully saturated rings. The predicted molar refractivity (Wildman–Crippen MR) is 85.9 cm³/mol. The number of carbonyl (C=O) groups excluding carboxylic acids is 1. The maximum absolute atomic E-state index is 12.5. The summed E-state index contributed by atoms with van der Waals surface area (Å²) in [5.41, 5.74) is 1.18. The fourth-order valence-electron chi connectivity index (χ4n) is 3.30. The monoisotopic (exact) mass is 321 g/mol. The van der Waals surface area contributed by atoms with Crippen molar-refractivity contribution in [1.82, 2.24) is 5.32 Å². The van der Waals surface area contributed by atoms with Crippen molar-refractivity contribution in [2.45, 2.75) is 44.8 Å². The van der Waals surface area contributed by atoms with Crippen molar-refractivity contribution < 1.29 is 14.6 Å². The number of halogens is 1. The van der Waals surface area contributed by atoms with E-state index < -0.39 is 5.54 Å². The second kappa shape index (κ2) is 5.60. The third kappa shape index (κ3) is 2.40. The lowest BCUT2D eigenvalue weighted by molar-refractivity contribution is -0.117. The number of aryl methyl sites for hydroxylation is 1. The Morgan fingerprint density at radius 3 is 2.95 bits per heavy atom. The van der Waals surface area contributed by atoms with Gasteiger partial charge in [0.1, 0.15) is 11.3 Å². The van der Waals surface area contributed by atoms with Crippen LogP contribution in [0.15, 0.2) is 24.0 Å². The lowest BCUT2D eigenvalue weighted by atomic mass is 9.84. The number of hydrogen-bond acceptors (Lipinski definition) is 3. The zero-order chi connectivity index (χ0) is 15.9. The molecule has 2 heterocycles. The summed E-state index contributed by atoms with van der Waals surface area (Å²) in [6.45, 7) is 4.50. The molecular formula is C17H20ClNO3. The first-order valence-corrected chi connectivity index (χ1v) is 7.99. The number of benzene rings is 1. The topological polar surface area (TPSA) is 58.6 Å². The molecule has 2 aliphatic heterocycles. The minimum atomic E-state index is -0.709. The van der Waals surface area contributed by atoms with Crippen molar-refractivity contribution in [3.05, 3.63) is 40.1 Å². The largest absolute Gasteiger partial charge is 0.509 e. The minimum Gasteiger partial charge on any atom is -0.509 e. The SMILES string of the molecule is CCC1CC2(CCO1)NC(=O)C(c1ccc(C)cc1Cl)=C2O. The van der Waals surface area contributed by atoms with Crippen molar-refractivity contribution in [3.63, 3.8) is 0 Å². The van der Waals surface area contributed by atoms with E-state index in [9.17, 15) is 9.90 Å². The summed E-state index contributed by atoms with van der Waals surface area (Å²) in [5, 5.41) is 14.2. The number of aliphatic hydroxyl groups excluding tert-OH is 1. The Morgan fingerprint density at radius 2 is 2.27 bits per heavy atom. The molecule has 1 spiro atoms. The Hall–Kier alpha value is -1.52. The van der Waals surface area contributed by atoms with Gasteiger partial charge in [-0.05, 0) is 25.0 Å². The molecule has 0 aliphatic carbocycles.